The van der Waals surface area contributed by atoms with Crippen LogP contribution in [0.25, 0.3) is 5.69 Å². The summed E-state index contributed by atoms with van der Waals surface area (Å²) in [5, 5.41) is 2.48. The molecule has 1 N–H and O–H groups in total. The second-order valence-electron chi connectivity index (χ2n) is 6.41. The minimum atomic E-state index is -0.877. The predicted molar refractivity (Wildman–Crippen MR) is 108 cm³/mol. The summed E-state index contributed by atoms with van der Waals surface area (Å²) >= 11 is 0. The van der Waals surface area contributed by atoms with Crippen molar-refractivity contribution in [3.05, 3.63) is 76.0 Å². The number of amides is 1. The molecule has 0 spiro atoms. The van der Waals surface area contributed by atoms with E-state index < -0.39 is 29.9 Å². The number of nitrogens with one attached hydrogen (secondary N) is 1. The van der Waals surface area contributed by atoms with Crippen LogP contribution in [0.2, 0.25) is 0 Å². The first-order chi connectivity index (χ1) is 14.3. The molecule has 2 aromatic carbocycles. The predicted octanol–water partition coefficient (Wildman–Crippen LogP) is 2.43. The number of esters is 1. The summed E-state index contributed by atoms with van der Waals surface area (Å²) in [6.45, 7) is 1.05. The summed E-state index contributed by atoms with van der Waals surface area (Å²) < 4.78 is 26.4. The monoisotopic (exact) mass is 413 g/mol. The highest BCUT2D eigenvalue weighted by atomic mass is 19.1. The van der Waals surface area contributed by atoms with E-state index in [0.717, 1.165) is 6.07 Å². The second kappa shape index (κ2) is 8.64. The lowest BCUT2D eigenvalue weighted by Crippen LogP contribution is -2.25. The first-order valence-corrected chi connectivity index (χ1v) is 8.98. The standard InChI is InChI=1S/C21H20FN3O5/c1-13-19(20(27)25(24(13)2)15-7-5-4-6-8-15)23-18(26)12-30-21(28)14-9-10-17(29-3)16(22)11-14/h4-11H,12H2,1-3H3,(H,23,26). The average Bonchev–Trinajstić information content (AvgIpc) is 2.95. The maximum atomic E-state index is 13.7. The van der Waals surface area contributed by atoms with E-state index in [0.29, 0.717) is 11.4 Å². The fourth-order valence-corrected chi connectivity index (χ4v) is 2.90. The molecule has 156 valence electrons. The molecule has 3 rings (SSSR count). The lowest BCUT2D eigenvalue weighted by molar-refractivity contribution is -0.119. The van der Waals surface area contributed by atoms with Gasteiger partial charge >= 0.3 is 5.97 Å². The van der Waals surface area contributed by atoms with Gasteiger partial charge in [-0.1, -0.05) is 18.2 Å². The van der Waals surface area contributed by atoms with E-state index in [2.05, 4.69) is 5.32 Å². The second-order valence-corrected chi connectivity index (χ2v) is 6.41. The van der Waals surface area contributed by atoms with Crippen molar-refractivity contribution in [2.75, 3.05) is 19.0 Å². The molecule has 1 aromatic heterocycles. The zero-order valence-electron chi connectivity index (χ0n) is 16.6. The molecule has 0 atom stereocenters. The van der Waals surface area contributed by atoms with E-state index in [4.69, 9.17) is 9.47 Å². The number of halogens is 1. The fraction of sp³-hybridized carbons (Fsp3) is 0.190. The van der Waals surface area contributed by atoms with Crippen molar-refractivity contribution in [3.8, 4) is 11.4 Å². The minimum absolute atomic E-state index is 0.0152. The van der Waals surface area contributed by atoms with Gasteiger partial charge in [0.2, 0.25) is 0 Å². The number of rotatable bonds is 6. The first kappa shape index (κ1) is 20.8. The highest BCUT2D eigenvalue weighted by molar-refractivity contribution is 5.95. The molecule has 1 heterocycles. The van der Waals surface area contributed by atoms with E-state index in [-0.39, 0.29) is 17.0 Å². The van der Waals surface area contributed by atoms with Crippen molar-refractivity contribution in [2.45, 2.75) is 6.92 Å². The van der Waals surface area contributed by atoms with Crippen LogP contribution in [-0.2, 0) is 16.6 Å². The van der Waals surface area contributed by atoms with Crippen molar-refractivity contribution in [1.82, 2.24) is 9.36 Å². The van der Waals surface area contributed by atoms with Crippen LogP contribution < -0.4 is 15.6 Å². The van der Waals surface area contributed by atoms with E-state index in [1.807, 2.05) is 6.07 Å². The maximum absolute atomic E-state index is 13.7. The summed E-state index contributed by atoms with van der Waals surface area (Å²) in [5.74, 6) is -2.31. The topological polar surface area (TPSA) is 91.6 Å². The molecule has 1 amide bonds. The molecule has 30 heavy (non-hydrogen) atoms. The Morgan fingerprint density at radius 2 is 1.83 bits per heavy atom. The number of ether oxygens (including phenoxy) is 2. The van der Waals surface area contributed by atoms with Crippen molar-refractivity contribution >= 4 is 17.6 Å². The Kier molecular flexibility index (Phi) is 6.01. The Morgan fingerprint density at radius 3 is 2.47 bits per heavy atom. The van der Waals surface area contributed by atoms with Crippen molar-refractivity contribution < 1.29 is 23.5 Å². The molecule has 8 nitrogen and oxygen atoms in total. The molecule has 0 radical (unpaired) electrons. The van der Waals surface area contributed by atoms with Gasteiger partial charge in [-0.3, -0.25) is 14.3 Å². The molecule has 9 heteroatoms. The van der Waals surface area contributed by atoms with Crippen LogP contribution in [0.5, 0.6) is 5.75 Å². The molecule has 0 unspecified atom stereocenters. The third-order valence-corrected chi connectivity index (χ3v) is 4.54. The lowest BCUT2D eigenvalue weighted by atomic mass is 10.2. The zero-order valence-corrected chi connectivity index (χ0v) is 16.6. The Balaban J connectivity index is 1.70. The Labute approximate surface area is 171 Å². The van der Waals surface area contributed by atoms with E-state index in [1.165, 1.54) is 23.9 Å². The minimum Gasteiger partial charge on any atom is -0.494 e. The molecule has 0 aliphatic heterocycles. The van der Waals surface area contributed by atoms with Crippen LogP contribution in [0.4, 0.5) is 10.1 Å². The number of para-hydroxylation sites is 1. The average molecular weight is 413 g/mol. The van der Waals surface area contributed by atoms with Gasteiger partial charge in [-0.05, 0) is 37.3 Å². The van der Waals surface area contributed by atoms with Gasteiger partial charge in [-0.2, -0.15) is 0 Å². The number of carbonyl (C=O) groups is 2. The van der Waals surface area contributed by atoms with Gasteiger partial charge in [0, 0.05) is 7.05 Å². The van der Waals surface area contributed by atoms with Crippen LogP contribution in [0, 0.1) is 12.7 Å². The number of carbonyl (C=O) groups excluding carboxylic acids is 2. The quantitative estimate of drug-likeness (QED) is 0.627. The van der Waals surface area contributed by atoms with Gasteiger partial charge in [0.05, 0.1) is 24.1 Å². The third-order valence-electron chi connectivity index (χ3n) is 4.54. The van der Waals surface area contributed by atoms with Crippen LogP contribution >= 0.6 is 0 Å². The van der Waals surface area contributed by atoms with Gasteiger partial charge in [0.15, 0.2) is 18.2 Å². The van der Waals surface area contributed by atoms with Gasteiger partial charge < -0.3 is 14.8 Å². The third kappa shape index (κ3) is 4.09. The molecule has 0 aliphatic carbocycles. The SMILES string of the molecule is COc1ccc(C(=O)OCC(=O)Nc2c(C)n(C)n(-c3ccccc3)c2=O)cc1F. The normalized spacial score (nSPS) is 10.5. The molecule has 0 fully saturated rings. The number of methoxy groups -OCH3 is 1. The largest absolute Gasteiger partial charge is 0.494 e. The number of nitrogens with zero attached hydrogens (tertiary/aromatic N) is 2. The smallest absolute Gasteiger partial charge is 0.338 e. The van der Waals surface area contributed by atoms with E-state index in [9.17, 15) is 18.8 Å². The van der Waals surface area contributed by atoms with Gasteiger partial charge in [0.1, 0.15) is 5.69 Å². The van der Waals surface area contributed by atoms with Crippen LogP contribution in [-0.4, -0.2) is 35.0 Å². The molecule has 0 aliphatic rings. The molecule has 3 aromatic rings. The summed E-state index contributed by atoms with van der Waals surface area (Å²) in [4.78, 5) is 37.1. The molecule has 0 bridgehead atoms. The lowest BCUT2D eigenvalue weighted by Gasteiger charge is -2.07. The number of aromatic nitrogens is 2. The van der Waals surface area contributed by atoms with Crippen LogP contribution in [0.1, 0.15) is 16.1 Å². The van der Waals surface area contributed by atoms with Crippen LogP contribution in [0.3, 0.4) is 0 Å². The summed E-state index contributed by atoms with van der Waals surface area (Å²) in [7, 11) is 3.00. The first-order valence-electron chi connectivity index (χ1n) is 8.98. The summed E-state index contributed by atoms with van der Waals surface area (Å²) in [6, 6.07) is 12.5. The highest BCUT2D eigenvalue weighted by Crippen LogP contribution is 2.18. The van der Waals surface area contributed by atoms with Gasteiger partial charge in [-0.15, -0.1) is 0 Å². The van der Waals surface area contributed by atoms with Crippen LogP contribution in [0.15, 0.2) is 53.3 Å². The van der Waals surface area contributed by atoms with Gasteiger partial charge in [-0.25, -0.2) is 13.9 Å². The van der Waals surface area contributed by atoms with E-state index in [1.54, 1.807) is 42.9 Å². The summed E-state index contributed by atoms with van der Waals surface area (Å²) in [6.07, 6.45) is 0. The Morgan fingerprint density at radius 1 is 1.13 bits per heavy atom. The highest BCUT2D eigenvalue weighted by Gasteiger charge is 2.19. The molecule has 0 saturated heterocycles. The molecular formula is C21H20FN3O5. The van der Waals surface area contributed by atoms with E-state index >= 15 is 0 Å². The fourth-order valence-electron chi connectivity index (χ4n) is 2.90. The zero-order chi connectivity index (χ0) is 21.8. The van der Waals surface area contributed by atoms with Crippen molar-refractivity contribution in [3.63, 3.8) is 0 Å². The number of hydrogen-bond acceptors (Lipinski definition) is 5. The Bertz CT molecular complexity index is 1150. The number of hydrogen-bond donors (Lipinski definition) is 1. The van der Waals surface area contributed by atoms with Crippen molar-refractivity contribution in [1.29, 1.82) is 0 Å². The number of anilines is 1. The number of benzene rings is 2. The van der Waals surface area contributed by atoms with Crippen molar-refractivity contribution in [2.24, 2.45) is 7.05 Å². The van der Waals surface area contributed by atoms with Gasteiger partial charge in [0.25, 0.3) is 11.5 Å². The Hall–Kier alpha value is -3.88. The molecule has 0 saturated carbocycles. The summed E-state index contributed by atoms with van der Waals surface area (Å²) in [5.41, 5.74) is 0.765. The molecular weight excluding hydrogens is 393 g/mol. The maximum Gasteiger partial charge on any atom is 0.338 e.